The number of nitrogens with zero attached hydrogens (tertiary/aromatic N) is 1. The van der Waals surface area contributed by atoms with E-state index in [1.165, 1.54) is 5.57 Å². The number of aromatic hydroxyl groups is 1. The monoisotopic (exact) mass is 271 g/mol. The summed E-state index contributed by atoms with van der Waals surface area (Å²) >= 11 is 0. The van der Waals surface area contributed by atoms with Crippen molar-refractivity contribution in [3.63, 3.8) is 0 Å². The molecule has 0 spiro atoms. The Labute approximate surface area is 120 Å². The van der Waals surface area contributed by atoms with Crippen LogP contribution < -0.4 is 0 Å². The zero-order chi connectivity index (χ0) is 14.8. The first-order chi connectivity index (χ1) is 9.41. The lowest BCUT2D eigenvalue weighted by molar-refractivity contribution is 0.388. The number of allylic oxidation sites excluding steroid dienone is 2. The zero-order valence-electron chi connectivity index (χ0n) is 12.4. The molecular formula is C17H21NO2. The fourth-order valence-corrected chi connectivity index (χ4v) is 2.18. The number of phenolic OH excluding ortho intramolecular Hbond substituents is 1. The Morgan fingerprint density at radius 3 is 2.35 bits per heavy atom. The first-order valence-corrected chi connectivity index (χ1v) is 6.71. The van der Waals surface area contributed by atoms with Gasteiger partial charge >= 0.3 is 0 Å². The smallest absolute Gasteiger partial charge is 0.199 e. The molecule has 1 aliphatic rings. The Hall–Kier alpha value is -2.03. The highest BCUT2D eigenvalue weighted by Crippen LogP contribution is 2.33. The molecule has 0 bridgehead atoms. The first kappa shape index (κ1) is 14.4. The van der Waals surface area contributed by atoms with Gasteiger partial charge in [0.15, 0.2) is 5.90 Å². The summed E-state index contributed by atoms with van der Waals surface area (Å²) in [6, 6.07) is 7.17. The second-order valence-corrected chi connectivity index (χ2v) is 5.93. The largest absolute Gasteiger partial charge is 0.508 e. The maximum Gasteiger partial charge on any atom is 0.199 e. The van der Waals surface area contributed by atoms with E-state index in [4.69, 9.17) is 4.74 Å². The number of rotatable bonds is 1. The Kier molecular flexibility index (Phi) is 3.98. The van der Waals surface area contributed by atoms with Gasteiger partial charge in [0.25, 0.3) is 0 Å². The molecule has 1 aromatic carbocycles. The third-order valence-electron chi connectivity index (χ3n) is 3.40. The second kappa shape index (κ2) is 5.53. The van der Waals surface area contributed by atoms with Crippen molar-refractivity contribution in [2.45, 2.75) is 26.7 Å². The van der Waals surface area contributed by atoms with Crippen LogP contribution in [0.1, 0.15) is 32.3 Å². The van der Waals surface area contributed by atoms with Gasteiger partial charge in [0.05, 0.1) is 13.0 Å². The van der Waals surface area contributed by atoms with Crippen LogP contribution in [0.5, 0.6) is 5.75 Å². The summed E-state index contributed by atoms with van der Waals surface area (Å²) in [5.41, 5.74) is 2.31. The standard InChI is InChI=1S/C17H21NO2/c1-17(2,3)13-9-10-18-16(20-4)15(11-13)12-5-7-14(19)8-6-12/h5-11,15,19H,1-4H3. The number of aliphatic imine (C=N–C) groups is 1. The van der Waals surface area contributed by atoms with E-state index in [1.54, 1.807) is 25.4 Å². The van der Waals surface area contributed by atoms with E-state index >= 15 is 0 Å². The van der Waals surface area contributed by atoms with Crippen molar-refractivity contribution in [2.75, 3.05) is 7.11 Å². The third-order valence-corrected chi connectivity index (χ3v) is 3.40. The van der Waals surface area contributed by atoms with Gasteiger partial charge in [-0.05, 0) is 34.8 Å². The number of ether oxygens (including phenoxy) is 1. The van der Waals surface area contributed by atoms with Crippen LogP contribution in [0.25, 0.3) is 0 Å². The van der Waals surface area contributed by atoms with Crippen LogP contribution in [0.3, 0.4) is 0 Å². The summed E-state index contributed by atoms with van der Waals surface area (Å²) in [6.45, 7) is 6.53. The van der Waals surface area contributed by atoms with Crippen LogP contribution in [-0.2, 0) is 4.74 Å². The second-order valence-electron chi connectivity index (χ2n) is 5.93. The molecule has 0 aromatic heterocycles. The lowest BCUT2D eigenvalue weighted by Crippen LogP contribution is -2.15. The summed E-state index contributed by atoms with van der Waals surface area (Å²) in [5.74, 6) is 0.882. The van der Waals surface area contributed by atoms with Gasteiger partial charge in [0.1, 0.15) is 5.75 Å². The fraction of sp³-hybridized carbons (Fsp3) is 0.353. The molecule has 3 nitrogen and oxygen atoms in total. The lowest BCUT2D eigenvalue weighted by atomic mass is 9.83. The SMILES string of the molecule is COC1=NC=CC(C(C)(C)C)=CC1c1ccc(O)cc1. The fourth-order valence-electron chi connectivity index (χ4n) is 2.18. The highest BCUT2D eigenvalue weighted by atomic mass is 16.5. The van der Waals surface area contributed by atoms with E-state index in [-0.39, 0.29) is 17.1 Å². The van der Waals surface area contributed by atoms with Gasteiger partial charge in [-0.3, -0.25) is 0 Å². The van der Waals surface area contributed by atoms with Gasteiger partial charge in [-0.1, -0.05) is 39.0 Å². The minimum atomic E-state index is -0.0372. The van der Waals surface area contributed by atoms with Gasteiger partial charge in [-0.25, -0.2) is 4.99 Å². The average Bonchev–Trinajstić information content (AvgIpc) is 2.61. The molecule has 1 aromatic rings. The number of benzene rings is 1. The van der Waals surface area contributed by atoms with Crippen LogP contribution in [0.2, 0.25) is 0 Å². The number of phenols is 1. The average molecular weight is 271 g/mol. The maximum atomic E-state index is 9.43. The van der Waals surface area contributed by atoms with E-state index in [0.717, 1.165) is 5.56 Å². The molecule has 2 rings (SSSR count). The quantitative estimate of drug-likeness (QED) is 0.838. The zero-order valence-corrected chi connectivity index (χ0v) is 12.4. The molecule has 1 N–H and O–H groups in total. The Morgan fingerprint density at radius 1 is 1.15 bits per heavy atom. The predicted molar refractivity (Wildman–Crippen MR) is 82.0 cm³/mol. The van der Waals surface area contributed by atoms with Gasteiger partial charge in [0.2, 0.25) is 0 Å². The third kappa shape index (κ3) is 3.10. The van der Waals surface area contributed by atoms with Crippen LogP contribution in [0.15, 0.2) is 53.2 Å². The van der Waals surface area contributed by atoms with E-state index < -0.39 is 0 Å². The Morgan fingerprint density at radius 2 is 1.80 bits per heavy atom. The van der Waals surface area contributed by atoms with Crippen molar-refractivity contribution in [3.8, 4) is 5.75 Å². The lowest BCUT2D eigenvalue weighted by Gasteiger charge is -2.22. The van der Waals surface area contributed by atoms with E-state index in [0.29, 0.717) is 5.90 Å². The van der Waals surface area contributed by atoms with Crippen LogP contribution in [0.4, 0.5) is 0 Å². The van der Waals surface area contributed by atoms with Crippen molar-refractivity contribution in [3.05, 3.63) is 53.8 Å². The normalized spacial score (nSPS) is 19.1. The molecule has 1 atom stereocenters. The molecule has 1 heterocycles. The molecule has 20 heavy (non-hydrogen) atoms. The van der Waals surface area contributed by atoms with Gasteiger partial charge in [-0.2, -0.15) is 0 Å². The van der Waals surface area contributed by atoms with Crippen molar-refractivity contribution >= 4 is 5.90 Å². The number of hydrogen-bond donors (Lipinski definition) is 1. The molecule has 0 radical (unpaired) electrons. The molecule has 0 saturated heterocycles. The van der Waals surface area contributed by atoms with Crippen molar-refractivity contribution in [2.24, 2.45) is 10.4 Å². The van der Waals surface area contributed by atoms with E-state index in [1.807, 2.05) is 18.2 Å². The van der Waals surface area contributed by atoms with E-state index in [2.05, 4.69) is 31.8 Å². The highest BCUT2D eigenvalue weighted by Gasteiger charge is 2.23. The van der Waals surface area contributed by atoms with Crippen molar-refractivity contribution in [1.82, 2.24) is 0 Å². The molecule has 0 amide bonds. The van der Waals surface area contributed by atoms with Crippen LogP contribution in [-0.4, -0.2) is 18.1 Å². The summed E-state index contributed by atoms with van der Waals surface area (Å²) in [6.07, 6.45) is 5.99. The van der Waals surface area contributed by atoms with Gasteiger partial charge in [-0.15, -0.1) is 0 Å². The molecule has 1 aliphatic heterocycles. The molecule has 0 aliphatic carbocycles. The summed E-state index contributed by atoms with van der Waals surface area (Å²) in [4.78, 5) is 4.38. The topological polar surface area (TPSA) is 41.8 Å². The van der Waals surface area contributed by atoms with E-state index in [9.17, 15) is 5.11 Å². The Balaban J connectivity index is 2.47. The van der Waals surface area contributed by atoms with Gasteiger partial charge < -0.3 is 9.84 Å². The molecule has 0 fully saturated rings. The minimum absolute atomic E-state index is 0.0372. The van der Waals surface area contributed by atoms with Crippen LogP contribution >= 0.6 is 0 Å². The van der Waals surface area contributed by atoms with Gasteiger partial charge in [0, 0.05) is 6.20 Å². The minimum Gasteiger partial charge on any atom is -0.508 e. The van der Waals surface area contributed by atoms with Crippen molar-refractivity contribution in [1.29, 1.82) is 0 Å². The number of hydrogen-bond acceptors (Lipinski definition) is 3. The maximum absolute atomic E-state index is 9.43. The summed E-state index contributed by atoms with van der Waals surface area (Å²) < 4.78 is 5.42. The van der Waals surface area contributed by atoms with Crippen molar-refractivity contribution < 1.29 is 9.84 Å². The first-order valence-electron chi connectivity index (χ1n) is 6.71. The molecule has 106 valence electrons. The molecule has 0 saturated carbocycles. The highest BCUT2D eigenvalue weighted by molar-refractivity contribution is 5.87. The van der Waals surface area contributed by atoms with Crippen LogP contribution in [0, 0.1) is 5.41 Å². The number of methoxy groups -OCH3 is 1. The molecule has 1 unspecified atom stereocenters. The molecule has 3 heteroatoms. The Bertz CT molecular complexity index is 560. The predicted octanol–water partition coefficient (Wildman–Crippen LogP) is 4.02. The molecular weight excluding hydrogens is 250 g/mol. The summed E-state index contributed by atoms with van der Waals surface area (Å²) in [5, 5.41) is 9.43. The summed E-state index contributed by atoms with van der Waals surface area (Å²) in [7, 11) is 1.63.